The predicted octanol–water partition coefficient (Wildman–Crippen LogP) is 1.30. The van der Waals surface area contributed by atoms with Crippen LogP contribution in [0, 0.1) is 0 Å². The molecule has 5 N–H and O–H groups in total. The van der Waals surface area contributed by atoms with Crippen LogP contribution in [0.3, 0.4) is 0 Å². The molecule has 0 amide bonds. The van der Waals surface area contributed by atoms with Crippen molar-refractivity contribution in [1.82, 2.24) is 4.98 Å². The number of pyridine rings is 1. The number of H-pyrrole nitrogens is 1. The van der Waals surface area contributed by atoms with Crippen molar-refractivity contribution in [2.75, 3.05) is 0 Å². The maximum Gasteiger partial charge on any atom is 0.361 e. The number of nitrogens with two attached hydrogens (primary N) is 1. The minimum absolute atomic E-state index is 0.0636. The third-order valence-corrected chi connectivity index (χ3v) is 5.92. The lowest BCUT2D eigenvalue weighted by atomic mass is 10.0. The second-order valence-electron chi connectivity index (χ2n) is 5.52. The van der Waals surface area contributed by atoms with E-state index in [1.165, 1.54) is 30.3 Å². The van der Waals surface area contributed by atoms with Gasteiger partial charge in [0.1, 0.15) is 5.30 Å². The van der Waals surface area contributed by atoms with Crippen LogP contribution < -0.4 is 16.0 Å². The zero-order chi connectivity index (χ0) is 19.3. The molecule has 3 aromatic rings. The molecule has 0 unspecified atom stereocenters. The van der Waals surface area contributed by atoms with Crippen molar-refractivity contribution in [3.8, 4) is 11.1 Å². The van der Waals surface area contributed by atoms with E-state index in [9.17, 15) is 27.6 Å². The van der Waals surface area contributed by atoms with Crippen molar-refractivity contribution < 1.29 is 22.8 Å². The van der Waals surface area contributed by atoms with Gasteiger partial charge in [0.05, 0.1) is 9.92 Å². The number of benzene rings is 2. The summed E-state index contributed by atoms with van der Waals surface area (Å²) in [5.74, 6) is 0. The molecule has 11 heteroatoms. The average Bonchev–Trinajstić information content (AvgIpc) is 2.52. The van der Waals surface area contributed by atoms with E-state index in [1.807, 2.05) is 0 Å². The van der Waals surface area contributed by atoms with Crippen LogP contribution >= 0.6 is 19.2 Å². The highest BCUT2D eigenvalue weighted by Crippen LogP contribution is 2.35. The Morgan fingerprint density at radius 3 is 2.23 bits per heavy atom. The normalized spacial score (nSPS) is 12.5. The number of rotatable bonds is 3. The lowest BCUT2D eigenvalue weighted by molar-refractivity contribution is 0.387. The van der Waals surface area contributed by atoms with E-state index in [1.54, 1.807) is 6.07 Å². The minimum atomic E-state index is -4.74. The highest BCUT2D eigenvalue weighted by molar-refractivity contribution is 7.89. The van der Waals surface area contributed by atoms with Gasteiger partial charge in [0, 0.05) is 11.1 Å². The summed E-state index contributed by atoms with van der Waals surface area (Å²) in [5.41, 5.74) is 0.464. The number of aromatic nitrogens is 1. The molecule has 1 heterocycles. The van der Waals surface area contributed by atoms with Gasteiger partial charge in [-0.2, -0.15) is 0 Å². The number of primary sulfonamides is 1. The van der Waals surface area contributed by atoms with Gasteiger partial charge in [-0.15, -0.1) is 0 Å². The molecule has 0 saturated heterocycles. The van der Waals surface area contributed by atoms with Crippen LogP contribution in [0.15, 0.2) is 52.2 Å². The second kappa shape index (κ2) is 6.31. The first kappa shape index (κ1) is 18.8. The molecule has 0 aliphatic heterocycles. The summed E-state index contributed by atoms with van der Waals surface area (Å²) in [6.07, 6.45) is 0. The molecule has 26 heavy (non-hydrogen) atoms. The van der Waals surface area contributed by atoms with Crippen molar-refractivity contribution >= 4 is 45.4 Å². The Hall–Kier alpha value is -2.00. The molecule has 0 fully saturated rings. The average molecular weight is 415 g/mol. The predicted molar refractivity (Wildman–Crippen MR) is 98.1 cm³/mol. The topological polar surface area (TPSA) is 151 Å². The zero-order valence-corrected chi connectivity index (χ0v) is 15.3. The second-order valence-corrected chi connectivity index (χ2v) is 9.05. The first-order chi connectivity index (χ1) is 12.0. The van der Waals surface area contributed by atoms with Crippen molar-refractivity contribution in [2.45, 2.75) is 4.90 Å². The third-order valence-electron chi connectivity index (χ3n) is 3.72. The van der Waals surface area contributed by atoms with E-state index >= 15 is 0 Å². The van der Waals surface area contributed by atoms with Crippen molar-refractivity contribution in [3.05, 3.63) is 57.8 Å². The van der Waals surface area contributed by atoms with Crippen LogP contribution in [0.25, 0.3) is 22.0 Å². The van der Waals surface area contributed by atoms with Crippen LogP contribution in [0.4, 0.5) is 0 Å². The standard InChI is InChI=1S/C15H12ClN2O6PS/c16-12-7-13-9(6-14(15(19)18-13)25(20,21)22)5-11(12)8-1-3-10(4-2-8)26(17,23)24/h1-7H,(H,18,19)(H2,17,23,24)(H2,20,21,22). The summed E-state index contributed by atoms with van der Waals surface area (Å²) in [6.45, 7) is 0. The molecule has 136 valence electrons. The molecule has 2 aromatic carbocycles. The highest BCUT2D eigenvalue weighted by atomic mass is 35.5. The number of aromatic amines is 1. The fraction of sp³-hybridized carbons (Fsp3) is 0. The smallest absolute Gasteiger partial charge is 0.321 e. The molecule has 0 atom stereocenters. The molecule has 1 aromatic heterocycles. The summed E-state index contributed by atoms with van der Waals surface area (Å²) >= 11 is 6.23. The number of hydrogen-bond donors (Lipinski definition) is 4. The molecule has 0 bridgehead atoms. The number of halogens is 1. The van der Waals surface area contributed by atoms with Crippen molar-refractivity contribution in [1.29, 1.82) is 0 Å². The first-order valence-corrected chi connectivity index (χ1v) is 10.6. The summed E-state index contributed by atoms with van der Waals surface area (Å²) in [7, 11) is -8.57. The number of hydrogen-bond acceptors (Lipinski definition) is 4. The van der Waals surface area contributed by atoms with Crippen LogP contribution in [-0.2, 0) is 14.6 Å². The lowest BCUT2D eigenvalue weighted by Crippen LogP contribution is -2.26. The largest absolute Gasteiger partial charge is 0.361 e. The molecule has 8 nitrogen and oxygen atoms in total. The summed E-state index contributed by atoms with van der Waals surface area (Å²) in [4.78, 5) is 32.7. The Kier molecular flexibility index (Phi) is 4.56. The molecule has 0 radical (unpaired) electrons. The SMILES string of the molecule is NS(=O)(=O)c1ccc(-c2cc3cc(P(=O)(O)O)c(=O)[nH]c3cc2Cl)cc1. The van der Waals surface area contributed by atoms with E-state index < -0.39 is 28.5 Å². The van der Waals surface area contributed by atoms with Crippen LogP contribution in [-0.4, -0.2) is 23.2 Å². The Bertz CT molecular complexity index is 1230. The Morgan fingerprint density at radius 2 is 1.69 bits per heavy atom. The van der Waals surface area contributed by atoms with Crippen LogP contribution in [0.2, 0.25) is 5.02 Å². The summed E-state index contributed by atoms with van der Waals surface area (Å²) in [6, 6.07) is 9.74. The lowest BCUT2D eigenvalue weighted by Gasteiger charge is -2.10. The van der Waals surface area contributed by atoms with Gasteiger partial charge < -0.3 is 14.8 Å². The fourth-order valence-corrected chi connectivity index (χ4v) is 3.89. The first-order valence-electron chi connectivity index (χ1n) is 7.03. The number of sulfonamides is 1. The molecular weight excluding hydrogens is 403 g/mol. The van der Waals surface area contributed by atoms with Crippen molar-refractivity contribution in [3.63, 3.8) is 0 Å². The van der Waals surface area contributed by atoms with Crippen LogP contribution in [0.5, 0.6) is 0 Å². The number of fused-ring (bicyclic) bond motifs is 1. The van der Waals surface area contributed by atoms with Gasteiger partial charge in [0.2, 0.25) is 10.0 Å². The van der Waals surface area contributed by atoms with Gasteiger partial charge in [-0.05, 0) is 41.3 Å². The highest BCUT2D eigenvalue weighted by Gasteiger charge is 2.22. The quantitative estimate of drug-likeness (QED) is 0.474. The molecule has 0 aliphatic rings. The van der Waals surface area contributed by atoms with E-state index in [2.05, 4.69) is 4.98 Å². The zero-order valence-electron chi connectivity index (χ0n) is 12.9. The van der Waals surface area contributed by atoms with E-state index in [0.29, 0.717) is 22.0 Å². The van der Waals surface area contributed by atoms with Crippen molar-refractivity contribution in [2.24, 2.45) is 5.14 Å². The molecular formula is C15H12ClN2O6PS. The summed E-state index contributed by atoms with van der Waals surface area (Å²) in [5, 5.41) is 5.03. The van der Waals surface area contributed by atoms with Gasteiger partial charge in [0.25, 0.3) is 5.56 Å². The maximum absolute atomic E-state index is 11.8. The van der Waals surface area contributed by atoms with Crippen LogP contribution in [0.1, 0.15) is 0 Å². The molecule has 0 saturated carbocycles. The monoisotopic (exact) mass is 414 g/mol. The van der Waals surface area contributed by atoms with Gasteiger partial charge in [-0.25, -0.2) is 13.6 Å². The van der Waals surface area contributed by atoms with Gasteiger partial charge in [-0.3, -0.25) is 9.36 Å². The fourth-order valence-electron chi connectivity index (χ4n) is 2.48. The van der Waals surface area contributed by atoms with E-state index in [0.717, 1.165) is 6.07 Å². The van der Waals surface area contributed by atoms with Gasteiger partial charge in [0.15, 0.2) is 0 Å². The molecule has 0 spiro atoms. The molecule has 0 aliphatic carbocycles. The number of nitrogens with one attached hydrogen (secondary N) is 1. The molecule has 3 rings (SSSR count). The maximum atomic E-state index is 11.8. The Balaban J connectivity index is 2.21. The van der Waals surface area contributed by atoms with Gasteiger partial charge in [-0.1, -0.05) is 23.7 Å². The Labute approximate surface area is 152 Å². The summed E-state index contributed by atoms with van der Waals surface area (Å²) < 4.78 is 34.1. The third kappa shape index (κ3) is 3.59. The van der Waals surface area contributed by atoms with E-state index in [-0.39, 0.29) is 9.92 Å². The van der Waals surface area contributed by atoms with Gasteiger partial charge >= 0.3 is 7.60 Å². The Morgan fingerprint density at radius 1 is 1.08 bits per heavy atom. The minimum Gasteiger partial charge on any atom is -0.321 e. The van der Waals surface area contributed by atoms with E-state index in [4.69, 9.17) is 16.7 Å².